The molecule has 2 bridgehead atoms. The maximum absolute atomic E-state index is 12.4. The highest BCUT2D eigenvalue weighted by Gasteiger charge is 2.42. The second-order valence-corrected chi connectivity index (χ2v) is 7.25. The van der Waals surface area contributed by atoms with Crippen molar-refractivity contribution >= 4 is 11.7 Å². The highest BCUT2D eigenvalue weighted by Crippen LogP contribution is 2.49. The molecule has 0 spiro atoms. The summed E-state index contributed by atoms with van der Waals surface area (Å²) < 4.78 is 6.35. The largest absolute Gasteiger partial charge is 0.389 e. The minimum absolute atomic E-state index is 0.0712. The van der Waals surface area contributed by atoms with E-state index >= 15 is 0 Å². The lowest BCUT2D eigenvalue weighted by molar-refractivity contribution is -0.389. The Morgan fingerprint density at radius 1 is 1.50 bits per heavy atom. The quantitative estimate of drug-likeness (QED) is 0.614. The molecule has 26 heavy (non-hydrogen) atoms. The van der Waals surface area contributed by atoms with E-state index in [-0.39, 0.29) is 36.0 Å². The average molecular weight is 360 g/mol. The molecule has 2 aromatic heterocycles. The fraction of sp³-hybridized carbons (Fsp3) is 0.625. The second-order valence-electron chi connectivity index (χ2n) is 7.25. The van der Waals surface area contributed by atoms with E-state index in [9.17, 15) is 14.9 Å². The van der Waals surface area contributed by atoms with Gasteiger partial charge in [-0.3, -0.25) is 4.79 Å². The van der Waals surface area contributed by atoms with E-state index in [1.807, 2.05) is 6.92 Å². The Hall–Kier alpha value is -2.78. The summed E-state index contributed by atoms with van der Waals surface area (Å²) in [4.78, 5) is 26.5. The van der Waals surface area contributed by atoms with Gasteiger partial charge in [-0.05, 0) is 48.9 Å². The van der Waals surface area contributed by atoms with Crippen LogP contribution in [-0.2, 0) is 6.54 Å². The van der Waals surface area contributed by atoms with Crippen LogP contribution in [0.3, 0.4) is 0 Å². The van der Waals surface area contributed by atoms with Gasteiger partial charge in [-0.15, -0.1) is 0 Å². The maximum atomic E-state index is 12.4. The van der Waals surface area contributed by atoms with Crippen molar-refractivity contribution < 1.29 is 14.2 Å². The number of amides is 1. The van der Waals surface area contributed by atoms with Crippen molar-refractivity contribution in [3.05, 3.63) is 34.1 Å². The molecule has 10 heteroatoms. The van der Waals surface area contributed by atoms with Crippen LogP contribution in [0.15, 0.2) is 16.8 Å². The number of carbonyl (C=O) groups excluding carboxylic acids is 1. The van der Waals surface area contributed by atoms with Crippen molar-refractivity contribution in [3.63, 3.8) is 0 Å². The standard InChI is InChI=1S/C16H20N6O4/c1-9(12-7-10-2-3-11(12)6-10)17-15(23)16-18-13(20-26-16)8-21-5-4-14(19-21)22(24)25/h4-5,9-12H,2-3,6-8H2,1H3,(H,17,23)/t9-,10+,11+,12+/m0/s1. The molecule has 0 radical (unpaired) electrons. The molecule has 1 amide bonds. The van der Waals surface area contributed by atoms with Gasteiger partial charge in [0.1, 0.15) is 6.54 Å². The Kier molecular flexibility index (Phi) is 4.17. The molecule has 4 atom stereocenters. The van der Waals surface area contributed by atoms with Gasteiger partial charge in [0.25, 0.3) is 0 Å². The number of hydrogen-bond acceptors (Lipinski definition) is 7. The summed E-state index contributed by atoms with van der Waals surface area (Å²) >= 11 is 0. The third kappa shape index (κ3) is 3.18. The summed E-state index contributed by atoms with van der Waals surface area (Å²) in [5, 5.41) is 21.1. The number of nitro groups is 1. The van der Waals surface area contributed by atoms with Gasteiger partial charge in [0, 0.05) is 6.04 Å². The SMILES string of the molecule is C[C@H](NC(=O)c1nc(Cn2ccc([N+](=O)[O-])n2)no1)[C@H]1C[C@@H]2CC[C@@H]1C2. The molecule has 1 N–H and O–H groups in total. The number of rotatable bonds is 6. The molecule has 2 fully saturated rings. The lowest BCUT2D eigenvalue weighted by atomic mass is 9.84. The van der Waals surface area contributed by atoms with E-state index in [2.05, 4.69) is 20.6 Å². The van der Waals surface area contributed by atoms with Gasteiger partial charge in [0.15, 0.2) is 5.82 Å². The Balaban J connectivity index is 1.36. The summed E-state index contributed by atoms with van der Waals surface area (Å²) in [6.45, 7) is 2.12. The normalized spacial score (nSPS) is 25.3. The molecule has 2 aromatic rings. The number of carbonyl (C=O) groups is 1. The fourth-order valence-corrected chi connectivity index (χ4v) is 4.37. The van der Waals surface area contributed by atoms with E-state index in [0.717, 1.165) is 5.92 Å². The van der Waals surface area contributed by atoms with Gasteiger partial charge in [0.05, 0.1) is 17.4 Å². The second kappa shape index (κ2) is 6.50. The first-order chi connectivity index (χ1) is 12.5. The van der Waals surface area contributed by atoms with Crippen molar-refractivity contribution in [1.29, 1.82) is 0 Å². The first kappa shape index (κ1) is 16.7. The summed E-state index contributed by atoms with van der Waals surface area (Å²) in [6, 6.07) is 1.35. The van der Waals surface area contributed by atoms with E-state index in [1.54, 1.807) is 0 Å². The zero-order valence-electron chi connectivity index (χ0n) is 14.4. The molecule has 138 valence electrons. The third-order valence-electron chi connectivity index (χ3n) is 5.57. The molecule has 2 aliphatic rings. The Morgan fingerprint density at radius 3 is 3.00 bits per heavy atom. The molecular formula is C16H20N6O4. The highest BCUT2D eigenvalue weighted by molar-refractivity contribution is 5.89. The zero-order valence-corrected chi connectivity index (χ0v) is 14.4. The average Bonchev–Trinajstić information content (AvgIpc) is 3.39. The molecule has 0 saturated heterocycles. The molecule has 0 unspecified atom stereocenters. The molecule has 0 aliphatic heterocycles. The fourth-order valence-electron chi connectivity index (χ4n) is 4.37. The summed E-state index contributed by atoms with van der Waals surface area (Å²) in [7, 11) is 0. The van der Waals surface area contributed by atoms with Crippen LogP contribution in [0.1, 0.15) is 49.1 Å². The van der Waals surface area contributed by atoms with Crippen molar-refractivity contribution in [2.75, 3.05) is 0 Å². The minimum atomic E-state index is -0.581. The molecule has 4 rings (SSSR count). The predicted molar refractivity (Wildman–Crippen MR) is 88.1 cm³/mol. The first-order valence-electron chi connectivity index (χ1n) is 8.81. The van der Waals surface area contributed by atoms with Gasteiger partial charge in [-0.2, -0.15) is 9.67 Å². The maximum Gasteiger partial charge on any atom is 0.389 e. The summed E-state index contributed by atoms with van der Waals surface area (Å²) in [6.07, 6.45) is 6.49. The Morgan fingerprint density at radius 2 is 2.35 bits per heavy atom. The van der Waals surface area contributed by atoms with Gasteiger partial charge < -0.3 is 20.0 Å². The molecule has 2 saturated carbocycles. The molecular weight excluding hydrogens is 340 g/mol. The zero-order chi connectivity index (χ0) is 18.3. The Labute approximate surface area is 149 Å². The third-order valence-corrected chi connectivity index (χ3v) is 5.57. The van der Waals surface area contributed by atoms with E-state index in [1.165, 1.54) is 42.6 Å². The molecule has 2 heterocycles. The topological polar surface area (TPSA) is 129 Å². The van der Waals surface area contributed by atoms with Crippen molar-refractivity contribution in [2.45, 2.75) is 45.2 Å². The number of fused-ring (bicyclic) bond motifs is 2. The minimum Gasteiger partial charge on any atom is -0.358 e. The summed E-state index contributed by atoms with van der Waals surface area (Å²) in [5.41, 5.74) is 0. The van der Waals surface area contributed by atoms with Crippen LogP contribution in [0.5, 0.6) is 0 Å². The van der Waals surface area contributed by atoms with Crippen LogP contribution in [0.25, 0.3) is 0 Å². The van der Waals surface area contributed by atoms with Gasteiger partial charge >= 0.3 is 17.6 Å². The first-order valence-corrected chi connectivity index (χ1v) is 8.81. The van der Waals surface area contributed by atoms with Gasteiger partial charge in [-0.1, -0.05) is 11.6 Å². The number of nitrogens with zero attached hydrogens (tertiary/aromatic N) is 5. The smallest absolute Gasteiger partial charge is 0.358 e. The van der Waals surface area contributed by atoms with Crippen LogP contribution in [-0.4, -0.2) is 36.8 Å². The van der Waals surface area contributed by atoms with Gasteiger partial charge in [-0.25, -0.2) is 0 Å². The van der Waals surface area contributed by atoms with Gasteiger partial charge in [0.2, 0.25) is 0 Å². The van der Waals surface area contributed by atoms with Crippen molar-refractivity contribution in [1.82, 2.24) is 25.2 Å². The van der Waals surface area contributed by atoms with E-state index in [0.29, 0.717) is 11.8 Å². The number of hydrogen-bond donors (Lipinski definition) is 1. The lowest BCUT2D eigenvalue weighted by Crippen LogP contribution is -2.40. The summed E-state index contributed by atoms with van der Waals surface area (Å²) in [5.74, 6) is 1.54. The monoisotopic (exact) mass is 360 g/mol. The molecule has 2 aliphatic carbocycles. The molecule has 0 aromatic carbocycles. The van der Waals surface area contributed by atoms with Crippen LogP contribution < -0.4 is 5.32 Å². The van der Waals surface area contributed by atoms with E-state index < -0.39 is 4.92 Å². The number of nitrogens with one attached hydrogen (secondary N) is 1. The van der Waals surface area contributed by atoms with Crippen LogP contribution >= 0.6 is 0 Å². The van der Waals surface area contributed by atoms with Crippen LogP contribution in [0, 0.1) is 27.9 Å². The van der Waals surface area contributed by atoms with Crippen molar-refractivity contribution in [2.24, 2.45) is 17.8 Å². The lowest BCUT2D eigenvalue weighted by Gasteiger charge is -2.28. The van der Waals surface area contributed by atoms with Crippen LogP contribution in [0.4, 0.5) is 5.82 Å². The van der Waals surface area contributed by atoms with Crippen LogP contribution in [0.2, 0.25) is 0 Å². The highest BCUT2D eigenvalue weighted by atomic mass is 16.6. The Bertz CT molecular complexity index is 830. The predicted octanol–water partition coefficient (Wildman–Crippen LogP) is 1.78. The number of aromatic nitrogens is 4. The van der Waals surface area contributed by atoms with Crippen molar-refractivity contribution in [3.8, 4) is 0 Å². The van der Waals surface area contributed by atoms with E-state index in [4.69, 9.17) is 4.52 Å². The molecule has 10 nitrogen and oxygen atoms in total.